The van der Waals surface area contributed by atoms with Gasteiger partial charge in [0.1, 0.15) is 18.2 Å². The van der Waals surface area contributed by atoms with E-state index in [1.54, 1.807) is 20.8 Å². The molecule has 0 aromatic carbocycles. The van der Waals surface area contributed by atoms with Crippen LogP contribution in [0.4, 0.5) is 0 Å². The molecule has 1 atom stereocenters. The third-order valence-corrected chi connectivity index (χ3v) is 3.78. The molecule has 1 saturated heterocycles. The summed E-state index contributed by atoms with van der Waals surface area (Å²) in [6.07, 6.45) is -1.04. The summed E-state index contributed by atoms with van der Waals surface area (Å²) < 4.78 is 9.77. The topological polar surface area (TPSA) is 131 Å². The molecule has 10 nitrogen and oxygen atoms in total. The second-order valence-corrected chi connectivity index (χ2v) is 7.12. The molecule has 1 heterocycles. The van der Waals surface area contributed by atoms with Gasteiger partial charge in [-0.15, -0.1) is 0 Å². The summed E-state index contributed by atoms with van der Waals surface area (Å²) in [7, 11) is 1.16. The van der Waals surface area contributed by atoms with E-state index < -0.39 is 41.4 Å². The standard InChI is InChI=1S/C17H26N2O8/c1-17(2,3)27-15(24)10-18-7-8-19(12(20)5-6-13(21)22)11(16(18)25)9-14(23)26-4/h11H,5-10H2,1-4H3,(H,21,22)/t11-/m0/s1. The number of hydrogen-bond donors (Lipinski definition) is 1. The van der Waals surface area contributed by atoms with Gasteiger partial charge in [0.05, 0.1) is 20.0 Å². The van der Waals surface area contributed by atoms with Gasteiger partial charge in [0.2, 0.25) is 11.8 Å². The summed E-state index contributed by atoms with van der Waals surface area (Å²) in [5, 5.41) is 8.72. The highest BCUT2D eigenvalue weighted by molar-refractivity contribution is 5.94. The van der Waals surface area contributed by atoms with E-state index in [1.807, 2.05) is 0 Å². The molecule has 0 aromatic rings. The van der Waals surface area contributed by atoms with Gasteiger partial charge in [-0.2, -0.15) is 0 Å². The van der Waals surface area contributed by atoms with E-state index in [-0.39, 0.29) is 38.9 Å². The van der Waals surface area contributed by atoms with Crippen LogP contribution >= 0.6 is 0 Å². The molecule has 0 aliphatic carbocycles. The zero-order valence-electron chi connectivity index (χ0n) is 16.0. The quantitative estimate of drug-likeness (QED) is 0.595. The van der Waals surface area contributed by atoms with Crippen molar-refractivity contribution in [2.75, 3.05) is 26.7 Å². The van der Waals surface area contributed by atoms with Crippen molar-refractivity contribution >= 4 is 29.7 Å². The number of piperazine rings is 1. The Bertz CT molecular complexity index is 611. The summed E-state index contributed by atoms with van der Waals surface area (Å²) in [6.45, 7) is 4.96. The fourth-order valence-corrected chi connectivity index (χ4v) is 2.62. The monoisotopic (exact) mass is 386 g/mol. The first-order valence-electron chi connectivity index (χ1n) is 8.53. The molecule has 0 aromatic heterocycles. The molecule has 0 radical (unpaired) electrons. The minimum Gasteiger partial charge on any atom is -0.481 e. The zero-order valence-corrected chi connectivity index (χ0v) is 16.0. The molecule has 1 fully saturated rings. The average molecular weight is 386 g/mol. The van der Waals surface area contributed by atoms with Crippen LogP contribution in [0.3, 0.4) is 0 Å². The highest BCUT2D eigenvalue weighted by Crippen LogP contribution is 2.18. The second kappa shape index (κ2) is 9.33. The van der Waals surface area contributed by atoms with Crippen molar-refractivity contribution in [1.82, 2.24) is 9.80 Å². The molecule has 152 valence electrons. The lowest BCUT2D eigenvalue weighted by atomic mass is 10.1. The third-order valence-electron chi connectivity index (χ3n) is 3.78. The Hall–Kier alpha value is -2.65. The van der Waals surface area contributed by atoms with Crippen molar-refractivity contribution < 1.29 is 38.6 Å². The summed E-state index contributed by atoms with van der Waals surface area (Å²) >= 11 is 0. The molecule has 1 aliphatic rings. The molecule has 0 unspecified atom stereocenters. The SMILES string of the molecule is COC(=O)C[C@H]1C(=O)N(CC(=O)OC(C)(C)C)CCN1C(=O)CCC(=O)O. The van der Waals surface area contributed by atoms with Gasteiger partial charge in [0.25, 0.3) is 0 Å². The number of esters is 2. The van der Waals surface area contributed by atoms with E-state index in [2.05, 4.69) is 4.74 Å². The Morgan fingerprint density at radius 2 is 1.74 bits per heavy atom. The maximum atomic E-state index is 12.7. The van der Waals surface area contributed by atoms with Gasteiger partial charge in [0, 0.05) is 19.5 Å². The summed E-state index contributed by atoms with van der Waals surface area (Å²) in [5.74, 6) is -3.55. The number of carbonyl (C=O) groups is 5. The summed E-state index contributed by atoms with van der Waals surface area (Å²) in [6, 6.07) is -1.14. The maximum absolute atomic E-state index is 12.7. The summed E-state index contributed by atoms with van der Waals surface area (Å²) in [4.78, 5) is 61.8. The van der Waals surface area contributed by atoms with Crippen LogP contribution < -0.4 is 0 Å². The predicted molar refractivity (Wildman–Crippen MR) is 91.4 cm³/mol. The van der Waals surface area contributed by atoms with Crippen molar-refractivity contribution in [3.05, 3.63) is 0 Å². The fourth-order valence-electron chi connectivity index (χ4n) is 2.62. The van der Waals surface area contributed by atoms with Crippen molar-refractivity contribution in [2.24, 2.45) is 0 Å². The van der Waals surface area contributed by atoms with Crippen LogP contribution in [-0.4, -0.2) is 83.0 Å². The average Bonchev–Trinajstić information content (AvgIpc) is 2.54. The van der Waals surface area contributed by atoms with Gasteiger partial charge in [-0.25, -0.2) is 0 Å². The minimum absolute atomic E-state index is 0.0779. The van der Waals surface area contributed by atoms with Crippen LogP contribution in [-0.2, 0) is 33.4 Å². The van der Waals surface area contributed by atoms with E-state index in [9.17, 15) is 24.0 Å². The lowest BCUT2D eigenvalue weighted by Crippen LogP contribution is -2.60. The number of carboxylic acid groups (broad SMARTS) is 1. The van der Waals surface area contributed by atoms with Gasteiger partial charge < -0.3 is 24.4 Å². The van der Waals surface area contributed by atoms with Gasteiger partial charge in [-0.05, 0) is 20.8 Å². The normalized spacial score (nSPS) is 17.5. The predicted octanol–water partition coefficient (Wildman–Crippen LogP) is -0.205. The number of nitrogens with zero attached hydrogens (tertiary/aromatic N) is 2. The largest absolute Gasteiger partial charge is 0.481 e. The van der Waals surface area contributed by atoms with Crippen LogP contribution in [0.5, 0.6) is 0 Å². The lowest BCUT2D eigenvalue weighted by Gasteiger charge is -2.40. The number of hydrogen-bond acceptors (Lipinski definition) is 7. The molecular formula is C17H26N2O8. The Labute approximate surface area is 157 Å². The first-order valence-corrected chi connectivity index (χ1v) is 8.53. The summed E-state index contributed by atoms with van der Waals surface area (Å²) in [5.41, 5.74) is -0.708. The molecule has 27 heavy (non-hydrogen) atoms. The molecule has 10 heteroatoms. The highest BCUT2D eigenvalue weighted by atomic mass is 16.6. The number of carboxylic acids is 1. The third kappa shape index (κ3) is 7.24. The first kappa shape index (κ1) is 22.4. The van der Waals surface area contributed by atoms with E-state index >= 15 is 0 Å². The molecule has 0 saturated carbocycles. The van der Waals surface area contributed by atoms with Gasteiger partial charge in [-0.1, -0.05) is 0 Å². The van der Waals surface area contributed by atoms with Crippen LogP contribution in [0.1, 0.15) is 40.0 Å². The number of aliphatic carboxylic acids is 1. The Morgan fingerprint density at radius 1 is 1.11 bits per heavy atom. The molecule has 1 rings (SSSR count). The zero-order chi connectivity index (χ0) is 20.8. The molecule has 2 amide bonds. The van der Waals surface area contributed by atoms with Crippen molar-refractivity contribution in [3.8, 4) is 0 Å². The number of rotatable bonds is 7. The Kier molecular flexibility index (Phi) is 7.74. The van der Waals surface area contributed by atoms with Crippen LogP contribution in [0, 0.1) is 0 Å². The highest BCUT2D eigenvalue weighted by Gasteiger charge is 2.39. The van der Waals surface area contributed by atoms with Crippen LogP contribution in [0.25, 0.3) is 0 Å². The van der Waals surface area contributed by atoms with Crippen molar-refractivity contribution in [3.63, 3.8) is 0 Å². The fraction of sp³-hybridized carbons (Fsp3) is 0.706. The molecule has 0 spiro atoms. The van der Waals surface area contributed by atoms with Crippen molar-refractivity contribution in [2.45, 2.75) is 51.7 Å². The number of amides is 2. The van der Waals surface area contributed by atoms with Gasteiger partial charge in [0.15, 0.2) is 0 Å². The molecule has 1 aliphatic heterocycles. The smallest absolute Gasteiger partial charge is 0.326 e. The van der Waals surface area contributed by atoms with E-state index in [0.717, 1.165) is 7.11 Å². The van der Waals surface area contributed by atoms with Crippen LogP contribution in [0.2, 0.25) is 0 Å². The van der Waals surface area contributed by atoms with Gasteiger partial charge >= 0.3 is 17.9 Å². The van der Waals surface area contributed by atoms with Gasteiger partial charge in [-0.3, -0.25) is 24.0 Å². The lowest BCUT2D eigenvalue weighted by molar-refractivity contribution is -0.164. The number of ether oxygens (including phenoxy) is 2. The molecule has 0 bridgehead atoms. The molecule has 1 N–H and O–H groups in total. The van der Waals surface area contributed by atoms with Crippen LogP contribution in [0.15, 0.2) is 0 Å². The maximum Gasteiger partial charge on any atom is 0.326 e. The Balaban J connectivity index is 2.88. The van der Waals surface area contributed by atoms with E-state index in [1.165, 1.54) is 9.80 Å². The second-order valence-electron chi connectivity index (χ2n) is 7.12. The molecular weight excluding hydrogens is 360 g/mol. The minimum atomic E-state index is -1.14. The first-order chi connectivity index (χ1) is 12.4. The Morgan fingerprint density at radius 3 is 2.26 bits per heavy atom. The number of carbonyl (C=O) groups excluding carboxylic acids is 4. The van der Waals surface area contributed by atoms with E-state index in [0.29, 0.717) is 0 Å². The number of methoxy groups -OCH3 is 1. The van der Waals surface area contributed by atoms with Crippen molar-refractivity contribution in [1.29, 1.82) is 0 Å². The van der Waals surface area contributed by atoms with E-state index in [4.69, 9.17) is 9.84 Å².